The first-order valence-corrected chi connectivity index (χ1v) is 5.27. The molecule has 1 heterocycles. The molecule has 0 aliphatic heterocycles. The lowest BCUT2D eigenvalue weighted by Gasteiger charge is -2.03. The van der Waals surface area contributed by atoms with Crippen molar-refractivity contribution in [1.29, 1.82) is 0 Å². The minimum Gasteiger partial charge on any atom is -0.456 e. The summed E-state index contributed by atoms with van der Waals surface area (Å²) < 4.78 is 9.92. The van der Waals surface area contributed by atoms with Gasteiger partial charge < -0.3 is 14.9 Å². The maximum Gasteiger partial charge on any atom is 0.375 e. The van der Waals surface area contributed by atoms with Crippen molar-refractivity contribution in [2.45, 2.75) is 6.61 Å². The fraction of sp³-hybridized carbons (Fsp3) is 0.0769. The standard InChI is InChI=1S/C13H11NO4/c14-12(15)10-6-7-17-11(10)13(16)18-8-9-4-2-1-3-5-9/h1-7H,8H2,(H2,14,15). The van der Waals surface area contributed by atoms with Gasteiger partial charge in [-0.15, -0.1) is 0 Å². The van der Waals surface area contributed by atoms with Crippen LogP contribution in [0, 0.1) is 0 Å². The van der Waals surface area contributed by atoms with Crippen molar-refractivity contribution in [1.82, 2.24) is 0 Å². The molecule has 2 N–H and O–H groups in total. The summed E-state index contributed by atoms with van der Waals surface area (Å²) in [5.74, 6) is -1.61. The zero-order valence-electron chi connectivity index (χ0n) is 9.46. The zero-order valence-corrected chi connectivity index (χ0v) is 9.46. The number of esters is 1. The summed E-state index contributed by atoms with van der Waals surface area (Å²) in [6, 6.07) is 10.5. The van der Waals surface area contributed by atoms with E-state index in [1.54, 1.807) is 0 Å². The van der Waals surface area contributed by atoms with Crippen LogP contribution in [-0.4, -0.2) is 11.9 Å². The molecule has 92 valence electrons. The zero-order chi connectivity index (χ0) is 13.0. The molecule has 0 spiro atoms. The Kier molecular flexibility index (Phi) is 3.43. The molecule has 0 unspecified atom stereocenters. The van der Waals surface area contributed by atoms with E-state index in [1.807, 2.05) is 30.3 Å². The average Bonchev–Trinajstić information content (AvgIpc) is 2.86. The molecule has 0 bridgehead atoms. The number of nitrogens with two attached hydrogens (primary N) is 1. The van der Waals surface area contributed by atoms with E-state index in [0.29, 0.717) is 0 Å². The van der Waals surface area contributed by atoms with Crippen LogP contribution in [0.5, 0.6) is 0 Å². The molecule has 2 aromatic rings. The Morgan fingerprint density at radius 3 is 2.56 bits per heavy atom. The molecule has 1 aromatic heterocycles. The first-order chi connectivity index (χ1) is 8.68. The van der Waals surface area contributed by atoms with Gasteiger partial charge in [-0.2, -0.15) is 0 Å². The summed E-state index contributed by atoms with van der Waals surface area (Å²) in [4.78, 5) is 22.7. The van der Waals surface area contributed by atoms with Crippen molar-refractivity contribution in [3.05, 3.63) is 59.5 Å². The molecule has 0 saturated heterocycles. The van der Waals surface area contributed by atoms with Gasteiger partial charge in [0, 0.05) is 0 Å². The molecule has 2 rings (SSSR count). The van der Waals surface area contributed by atoms with Gasteiger partial charge in [-0.05, 0) is 11.6 Å². The van der Waals surface area contributed by atoms with E-state index in [0.717, 1.165) is 5.56 Å². The predicted molar refractivity (Wildman–Crippen MR) is 62.8 cm³/mol. The van der Waals surface area contributed by atoms with Gasteiger partial charge in [-0.25, -0.2) is 4.79 Å². The van der Waals surface area contributed by atoms with Gasteiger partial charge >= 0.3 is 5.97 Å². The number of furan rings is 1. The van der Waals surface area contributed by atoms with Gasteiger partial charge in [0.05, 0.1) is 11.8 Å². The second-order valence-corrected chi connectivity index (χ2v) is 3.59. The molecule has 0 aliphatic rings. The Hall–Kier alpha value is -2.56. The molecular formula is C13H11NO4. The number of ether oxygens (including phenoxy) is 1. The highest BCUT2D eigenvalue weighted by Crippen LogP contribution is 2.12. The van der Waals surface area contributed by atoms with E-state index in [1.165, 1.54) is 12.3 Å². The normalized spacial score (nSPS) is 10.0. The highest BCUT2D eigenvalue weighted by Gasteiger charge is 2.20. The SMILES string of the molecule is NC(=O)c1ccoc1C(=O)OCc1ccccc1. The average molecular weight is 245 g/mol. The molecule has 1 amide bonds. The van der Waals surface area contributed by atoms with Crippen LogP contribution in [0.15, 0.2) is 47.1 Å². The second kappa shape index (κ2) is 5.18. The molecule has 1 aromatic carbocycles. The van der Waals surface area contributed by atoms with E-state index >= 15 is 0 Å². The van der Waals surface area contributed by atoms with Crippen LogP contribution in [0.1, 0.15) is 26.5 Å². The Bertz CT molecular complexity index is 559. The largest absolute Gasteiger partial charge is 0.456 e. The molecule has 0 aliphatic carbocycles. The third kappa shape index (κ3) is 2.57. The summed E-state index contributed by atoms with van der Waals surface area (Å²) in [5, 5.41) is 0. The lowest BCUT2D eigenvalue weighted by atomic mass is 10.2. The van der Waals surface area contributed by atoms with Crippen LogP contribution in [0.4, 0.5) is 0 Å². The predicted octanol–water partition coefficient (Wildman–Crippen LogP) is 1.74. The maximum absolute atomic E-state index is 11.7. The number of benzene rings is 1. The highest BCUT2D eigenvalue weighted by molar-refractivity contribution is 6.02. The van der Waals surface area contributed by atoms with Crippen molar-refractivity contribution >= 4 is 11.9 Å². The van der Waals surface area contributed by atoms with Crippen LogP contribution < -0.4 is 5.73 Å². The summed E-state index contributed by atoms with van der Waals surface area (Å²) in [5.41, 5.74) is 5.96. The second-order valence-electron chi connectivity index (χ2n) is 3.59. The molecule has 0 atom stereocenters. The van der Waals surface area contributed by atoms with Gasteiger partial charge in [-0.3, -0.25) is 4.79 Å². The van der Waals surface area contributed by atoms with Gasteiger partial charge in [0.15, 0.2) is 0 Å². The van der Waals surface area contributed by atoms with Crippen molar-refractivity contribution in [2.75, 3.05) is 0 Å². The van der Waals surface area contributed by atoms with Crippen LogP contribution in [0.25, 0.3) is 0 Å². The lowest BCUT2D eigenvalue weighted by Crippen LogP contribution is -2.15. The Morgan fingerprint density at radius 1 is 1.17 bits per heavy atom. The maximum atomic E-state index is 11.7. The van der Waals surface area contributed by atoms with E-state index in [9.17, 15) is 9.59 Å². The minimum atomic E-state index is -0.726. The Balaban J connectivity index is 2.04. The first-order valence-electron chi connectivity index (χ1n) is 5.27. The number of hydrogen-bond donors (Lipinski definition) is 1. The molecule has 0 fully saturated rings. The smallest absolute Gasteiger partial charge is 0.375 e. The van der Waals surface area contributed by atoms with Gasteiger partial charge in [-0.1, -0.05) is 30.3 Å². The molecule has 5 heteroatoms. The van der Waals surface area contributed by atoms with Crippen LogP contribution >= 0.6 is 0 Å². The highest BCUT2D eigenvalue weighted by atomic mass is 16.5. The number of hydrogen-bond acceptors (Lipinski definition) is 4. The molecule has 18 heavy (non-hydrogen) atoms. The summed E-state index contributed by atoms with van der Waals surface area (Å²) in [6.45, 7) is 0.110. The molecule has 0 radical (unpaired) electrons. The quantitative estimate of drug-likeness (QED) is 0.831. The number of primary amides is 1. The van der Waals surface area contributed by atoms with Crippen molar-refractivity contribution in [2.24, 2.45) is 5.73 Å². The molecule has 0 saturated carbocycles. The third-order valence-corrected chi connectivity index (χ3v) is 2.33. The van der Waals surface area contributed by atoms with Gasteiger partial charge in [0.25, 0.3) is 5.91 Å². The van der Waals surface area contributed by atoms with E-state index in [4.69, 9.17) is 14.9 Å². The lowest BCUT2D eigenvalue weighted by molar-refractivity contribution is 0.0432. The van der Waals surface area contributed by atoms with Crippen LogP contribution in [0.2, 0.25) is 0 Å². The third-order valence-electron chi connectivity index (χ3n) is 2.33. The monoisotopic (exact) mass is 245 g/mol. The van der Waals surface area contributed by atoms with Crippen molar-refractivity contribution in [3.63, 3.8) is 0 Å². The summed E-state index contributed by atoms with van der Waals surface area (Å²) >= 11 is 0. The van der Waals surface area contributed by atoms with E-state index in [-0.39, 0.29) is 17.9 Å². The van der Waals surface area contributed by atoms with E-state index < -0.39 is 11.9 Å². The Morgan fingerprint density at radius 2 is 1.89 bits per heavy atom. The fourth-order valence-corrected chi connectivity index (χ4v) is 1.45. The number of amides is 1. The first kappa shape index (κ1) is 11.9. The van der Waals surface area contributed by atoms with Gasteiger partial charge in [0.1, 0.15) is 6.61 Å². The van der Waals surface area contributed by atoms with Crippen molar-refractivity contribution in [3.8, 4) is 0 Å². The number of carbonyl (C=O) groups excluding carboxylic acids is 2. The summed E-state index contributed by atoms with van der Waals surface area (Å²) in [6.07, 6.45) is 1.22. The molecular weight excluding hydrogens is 234 g/mol. The molecule has 5 nitrogen and oxygen atoms in total. The fourth-order valence-electron chi connectivity index (χ4n) is 1.45. The van der Waals surface area contributed by atoms with Crippen LogP contribution in [0.3, 0.4) is 0 Å². The van der Waals surface area contributed by atoms with Gasteiger partial charge in [0.2, 0.25) is 5.76 Å². The summed E-state index contributed by atoms with van der Waals surface area (Å²) in [7, 11) is 0. The number of carbonyl (C=O) groups is 2. The Labute approximate surface area is 103 Å². The van der Waals surface area contributed by atoms with Crippen LogP contribution in [-0.2, 0) is 11.3 Å². The van der Waals surface area contributed by atoms with E-state index in [2.05, 4.69) is 0 Å². The minimum absolute atomic E-state index is 0.0214. The number of rotatable bonds is 4. The topological polar surface area (TPSA) is 82.5 Å². The van der Waals surface area contributed by atoms with Crippen molar-refractivity contribution < 1.29 is 18.7 Å².